The molecule has 3 rings (SSSR count). The molecule has 2 aromatic rings. The van der Waals surface area contributed by atoms with Gasteiger partial charge in [0.05, 0.1) is 10.2 Å². The van der Waals surface area contributed by atoms with Gasteiger partial charge in [0.1, 0.15) is 11.0 Å². The Bertz CT molecular complexity index is 642. The minimum atomic E-state index is 0.285. The Morgan fingerprint density at radius 2 is 2.10 bits per heavy atom. The van der Waals surface area contributed by atoms with E-state index < -0.39 is 0 Å². The van der Waals surface area contributed by atoms with Crippen molar-refractivity contribution in [3.05, 3.63) is 56.5 Å². The molecule has 4 heteroatoms. The number of halogens is 2. The Kier molecular flexibility index (Phi) is 4.08. The van der Waals surface area contributed by atoms with Gasteiger partial charge in [0.15, 0.2) is 0 Å². The number of benzene rings is 1. The molecule has 0 bridgehead atoms. The largest absolute Gasteiger partial charge is 0.236 e. The molecule has 1 aliphatic rings. The highest BCUT2D eigenvalue weighted by Gasteiger charge is 2.27. The van der Waals surface area contributed by atoms with Crippen molar-refractivity contribution >= 4 is 27.5 Å². The summed E-state index contributed by atoms with van der Waals surface area (Å²) in [5.74, 6) is 1.15. The van der Waals surface area contributed by atoms with Crippen LogP contribution >= 0.6 is 27.5 Å². The Labute approximate surface area is 132 Å². The Morgan fingerprint density at radius 3 is 2.90 bits per heavy atom. The van der Waals surface area contributed by atoms with Crippen molar-refractivity contribution in [3.8, 4) is 0 Å². The average molecular weight is 352 g/mol. The van der Waals surface area contributed by atoms with Crippen molar-refractivity contribution < 1.29 is 0 Å². The van der Waals surface area contributed by atoms with E-state index in [0.29, 0.717) is 5.15 Å². The molecule has 0 saturated heterocycles. The second-order valence-corrected chi connectivity index (χ2v) is 6.32. The Morgan fingerprint density at radius 1 is 1.30 bits per heavy atom. The minimum absolute atomic E-state index is 0.285. The summed E-state index contributed by atoms with van der Waals surface area (Å²) in [6.07, 6.45) is 4.14. The molecule has 0 spiro atoms. The molecule has 1 aromatic heterocycles. The molecule has 1 atom stereocenters. The minimum Gasteiger partial charge on any atom is -0.236 e. The van der Waals surface area contributed by atoms with Crippen LogP contribution in [0.1, 0.15) is 48.3 Å². The van der Waals surface area contributed by atoms with E-state index >= 15 is 0 Å². The van der Waals surface area contributed by atoms with Crippen LogP contribution in [0.3, 0.4) is 0 Å². The lowest BCUT2D eigenvalue weighted by Gasteiger charge is -2.13. The quantitative estimate of drug-likeness (QED) is 0.733. The molecular weight excluding hydrogens is 336 g/mol. The number of hydrogen-bond acceptors (Lipinski definition) is 2. The first-order valence-corrected chi connectivity index (χ1v) is 8.17. The highest BCUT2D eigenvalue weighted by Crippen LogP contribution is 2.38. The Balaban J connectivity index is 2.03. The molecule has 0 saturated carbocycles. The van der Waals surface area contributed by atoms with Crippen LogP contribution in [0.5, 0.6) is 0 Å². The lowest BCUT2D eigenvalue weighted by molar-refractivity contribution is 0.711. The molecule has 1 unspecified atom stereocenters. The van der Waals surface area contributed by atoms with E-state index in [0.717, 1.165) is 41.7 Å². The second-order valence-electron chi connectivity index (χ2n) is 5.17. The van der Waals surface area contributed by atoms with E-state index in [2.05, 4.69) is 52.1 Å². The number of aromatic nitrogens is 2. The molecule has 0 N–H and O–H groups in total. The predicted octanol–water partition coefficient (Wildman–Crippen LogP) is 4.92. The molecule has 0 amide bonds. The third-order valence-corrected chi connectivity index (χ3v) is 5.16. The third-order valence-electron chi connectivity index (χ3n) is 3.83. The summed E-state index contributed by atoms with van der Waals surface area (Å²) < 4.78 is 0.844. The first-order chi connectivity index (χ1) is 9.70. The van der Waals surface area contributed by atoms with Crippen LogP contribution in [0, 0.1) is 0 Å². The molecule has 0 fully saturated rings. The van der Waals surface area contributed by atoms with Crippen molar-refractivity contribution in [2.45, 2.75) is 38.5 Å². The number of fused-ring (bicyclic) bond motifs is 1. The topological polar surface area (TPSA) is 25.8 Å². The highest BCUT2D eigenvalue weighted by molar-refractivity contribution is 9.10. The van der Waals surface area contributed by atoms with Crippen molar-refractivity contribution in [3.63, 3.8) is 0 Å². The van der Waals surface area contributed by atoms with Gasteiger partial charge >= 0.3 is 0 Å². The van der Waals surface area contributed by atoms with Crippen molar-refractivity contribution in [2.24, 2.45) is 0 Å². The lowest BCUT2D eigenvalue weighted by atomic mass is 10.0. The molecule has 104 valence electrons. The fourth-order valence-corrected chi connectivity index (χ4v) is 3.44. The van der Waals surface area contributed by atoms with Crippen LogP contribution in [0.15, 0.2) is 28.7 Å². The highest BCUT2D eigenvalue weighted by atomic mass is 79.9. The van der Waals surface area contributed by atoms with Crippen molar-refractivity contribution in [1.29, 1.82) is 0 Å². The summed E-state index contributed by atoms with van der Waals surface area (Å²) in [6, 6.07) is 8.57. The normalized spacial score (nSPS) is 17.2. The van der Waals surface area contributed by atoms with E-state index in [1.54, 1.807) is 0 Å². The lowest BCUT2D eigenvalue weighted by Crippen LogP contribution is -2.07. The first kappa shape index (κ1) is 14.0. The molecule has 0 aliphatic heterocycles. The molecule has 2 nitrogen and oxygen atoms in total. The number of aryl methyl sites for hydroxylation is 2. The van der Waals surface area contributed by atoms with Crippen LogP contribution in [0.4, 0.5) is 0 Å². The van der Waals surface area contributed by atoms with E-state index in [1.165, 1.54) is 11.1 Å². The molecule has 1 aliphatic carbocycles. The fourth-order valence-electron chi connectivity index (χ4n) is 2.86. The van der Waals surface area contributed by atoms with Gasteiger partial charge in [-0.3, -0.25) is 0 Å². The van der Waals surface area contributed by atoms with Gasteiger partial charge in [-0.05, 0) is 46.3 Å². The first-order valence-electron chi connectivity index (χ1n) is 7.00. The SMILES string of the molecule is CCCc1nc(C2CCc3ccccc32)nc(Cl)c1Br. The maximum absolute atomic E-state index is 6.26. The van der Waals surface area contributed by atoms with Crippen molar-refractivity contribution in [2.75, 3.05) is 0 Å². The molecule has 1 heterocycles. The van der Waals surface area contributed by atoms with Gasteiger partial charge in [0, 0.05) is 5.92 Å². The van der Waals surface area contributed by atoms with E-state index in [9.17, 15) is 0 Å². The van der Waals surface area contributed by atoms with Gasteiger partial charge < -0.3 is 0 Å². The summed E-state index contributed by atoms with van der Waals surface area (Å²) in [4.78, 5) is 9.27. The van der Waals surface area contributed by atoms with Crippen LogP contribution < -0.4 is 0 Å². The standard InChI is InChI=1S/C16H16BrClN2/c1-2-5-13-14(17)15(18)20-16(19-13)12-9-8-10-6-3-4-7-11(10)12/h3-4,6-7,12H,2,5,8-9H2,1H3. The summed E-state index contributed by atoms with van der Waals surface area (Å²) in [5.41, 5.74) is 3.79. The monoisotopic (exact) mass is 350 g/mol. The fraction of sp³-hybridized carbons (Fsp3) is 0.375. The predicted molar refractivity (Wildman–Crippen MR) is 85.3 cm³/mol. The summed E-state index contributed by atoms with van der Waals surface area (Å²) in [5, 5.41) is 0.530. The maximum atomic E-state index is 6.26. The van der Waals surface area contributed by atoms with Gasteiger partial charge in [0.25, 0.3) is 0 Å². The zero-order valence-electron chi connectivity index (χ0n) is 11.4. The number of nitrogens with zero attached hydrogens (tertiary/aromatic N) is 2. The van der Waals surface area contributed by atoms with Gasteiger partial charge in [-0.2, -0.15) is 0 Å². The summed E-state index contributed by atoms with van der Waals surface area (Å²) >= 11 is 9.76. The maximum Gasteiger partial charge on any atom is 0.147 e. The van der Waals surface area contributed by atoms with Gasteiger partial charge in [0.2, 0.25) is 0 Å². The zero-order chi connectivity index (χ0) is 14.1. The molecule has 1 aromatic carbocycles. The van der Waals surface area contributed by atoms with Gasteiger partial charge in [-0.15, -0.1) is 0 Å². The van der Waals surface area contributed by atoms with E-state index in [-0.39, 0.29) is 5.92 Å². The van der Waals surface area contributed by atoms with Gasteiger partial charge in [-0.1, -0.05) is 49.2 Å². The molecule has 20 heavy (non-hydrogen) atoms. The van der Waals surface area contributed by atoms with Crippen LogP contribution in [0.25, 0.3) is 0 Å². The van der Waals surface area contributed by atoms with Crippen molar-refractivity contribution in [1.82, 2.24) is 9.97 Å². The third kappa shape index (κ3) is 2.49. The average Bonchev–Trinajstić information content (AvgIpc) is 2.88. The van der Waals surface area contributed by atoms with Gasteiger partial charge in [-0.25, -0.2) is 9.97 Å². The number of rotatable bonds is 3. The smallest absolute Gasteiger partial charge is 0.147 e. The summed E-state index contributed by atoms with van der Waals surface area (Å²) in [6.45, 7) is 2.15. The van der Waals surface area contributed by atoms with Crippen LogP contribution in [-0.4, -0.2) is 9.97 Å². The number of hydrogen-bond donors (Lipinski definition) is 0. The molecule has 0 radical (unpaired) electrons. The van der Waals surface area contributed by atoms with E-state index in [4.69, 9.17) is 16.6 Å². The molecular formula is C16H16BrClN2. The Hall–Kier alpha value is -0.930. The van der Waals surface area contributed by atoms with Crippen LogP contribution in [0.2, 0.25) is 5.15 Å². The van der Waals surface area contributed by atoms with Crippen LogP contribution in [-0.2, 0) is 12.8 Å². The second kappa shape index (κ2) is 5.82. The zero-order valence-corrected chi connectivity index (χ0v) is 13.7. The van der Waals surface area contributed by atoms with E-state index in [1.807, 2.05) is 0 Å². The summed E-state index contributed by atoms with van der Waals surface area (Å²) in [7, 11) is 0.